The van der Waals surface area contributed by atoms with Gasteiger partial charge in [0.25, 0.3) is 0 Å². The van der Waals surface area contributed by atoms with E-state index in [1.54, 1.807) is 0 Å². The molecule has 1 N–H and O–H groups in total. The summed E-state index contributed by atoms with van der Waals surface area (Å²) in [6, 6.07) is 0. The summed E-state index contributed by atoms with van der Waals surface area (Å²) >= 11 is 0. The molecule has 0 aromatic carbocycles. The Balaban J connectivity index is 5.02. The van der Waals surface area contributed by atoms with Gasteiger partial charge in [-0.1, -0.05) is 0 Å². The lowest BCUT2D eigenvalue weighted by Crippen LogP contribution is -2.51. The van der Waals surface area contributed by atoms with Gasteiger partial charge >= 0.3 is 11.9 Å². The van der Waals surface area contributed by atoms with Crippen LogP contribution < -0.4 is 0 Å². The van der Waals surface area contributed by atoms with Gasteiger partial charge in [0.2, 0.25) is 0 Å². The highest BCUT2D eigenvalue weighted by molar-refractivity contribution is 5.66. The number of hydrogen-bond acceptors (Lipinski definition) is 8. The smallest absolute Gasteiger partial charge is 0.303 e. The molecule has 0 unspecified atom stereocenters. The molecule has 0 aromatic heterocycles. The largest absolute Gasteiger partial charge is 0.463 e. The Morgan fingerprint density at radius 2 is 1.43 bits per heavy atom. The zero-order valence-corrected chi connectivity index (χ0v) is 13.0. The van der Waals surface area contributed by atoms with Gasteiger partial charge < -0.3 is 28.8 Å². The predicted molar refractivity (Wildman–Crippen MR) is 71.7 cm³/mol. The quantitative estimate of drug-likeness (QED) is 0.540. The van der Waals surface area contributed by atoms with Crippen molar-refractivity contribution in [1.29, 1.82) is 0 Å². The van der Waals surface area contributed by atoms with Gasteiger partial charge in [-0.15, -0.1) is 0 Å². The molecule has 124 valence electrons. The molecule has 0 bridgehead atoms. The van der Waals surface area contributed by atoms with E-state index in [0.29, 0.717) is 0 Å². The van der Waals surface area contributed by atoms with Gasteiger partial charge in [-0.25, -0.2) is 0 Å². The van der Waals surface area contributed by atoms with Crippen LogP contribution in [0.1, 0.15) is 13.8 Å². The van der Waals surface area contributed by atoms with Crippen LogP contribution in [0.5, 0.6) is 0 Å². The van der Waals surface area contributed by atoms with Crippen LogP contribution in [0.25, 0.3) is 0 Å². The molecular weight excluding hydrogens is 284 g/mol. The van der Waals surface area contributed by atoms with Crippen LogP contribution in [0.15, 0.2) is 0 Å². The Labute approximate surface area is 124 Å². The summed E-state index contributed by atoms with van der Waals surface area (Å²) in [6.07, 6.45) is -3.07. The maximum atomic E-state index is 11.1. The normalized spacial score (nSPS) is 16.7. The van der Waals surface area contributed by atoms with Crippen LogP contribution in [-0.4, -0.2) is 76.0 Å². The third kappa shape index (κ3) is 6.85. The molecule has 0 saturated carbocycles. The number of carbonyl (C=O) groups excluding carboxylic acids is 2. The van der Waals surface area contributed by atoms with Crippen molar-refractivity contribution in [3.63, 3.8) is 0 Å². The monoisotopic (exact) mass is 308 g/mol. The Morgan fingerprint density at radius 3 is 1.76 bits per heavy atom. The topological polar surface area (TPSA) is 101 Å². The van der Waals surface area contributed by atoms with Crippen LogP contribution in [-0.2, 0) is 33.3 Å². The van der Waals surface area contributed by atoms with Crippen molar-refractivity contribution in [1.82, 2.24) is 0 Å². The lowest BCUT2D eigenvalue weighted by atomic mass is 10.0. The standard InChI is InChI=1S/C13H24O8/c1-8(15)20-7-11(17-3)13(19-5)12(18-4)10(6-14)21-9(2)16/h10-14H,6-7H2,1-5H3/t10-,11+,12+,13-/m0/s1. The molecule has 0 amide bonds. The summed E-state index contributed by atoms with van der Waals surface area (Å²) in [5.74, 6) is -1.01. The molecule has 0 fully saturated rings. The van der Waals surface area contributed by atoms with E-state index in [9.17, 15) is 14.7 Å². The van der Waals surface area contributed by atoms with Crippen LogP contribution in [0.2, 0.25) is 0 Å². The van der Waals surface area contributed by atoms with Gasteiger partial charge in [0.05, 0.1) is 6.61 Å². The lowest BCUT2D eigenvalue weighted by Gasteiger charge is -2.34. The third-order valence-electron chi connectivity index (χ3n) is 2.85. The Morgan fingerprint density at radius 1 is 0.905 bits per heavy atom. The molecule has 0 rings (SSSR count). The summed E-state index contributed by atoms with van der Waals surface area (Å²) in [5, 5.41) is 9.35. The Bertz CT molecular complexity index is 319. The average molecular weight is 308 g/mol. The number of aliphatic hydroxyl groups is 1. The van der Waals surface area contributed by atoms with E-state index in [1.807, 2.05) is 0 Å². The molecule has 0 aliphatic carbocycles. The highest BCUT2D eigenvalue weighted by Crippen LogP contribution is 2.17. The zero-order chi connectivity index (χ0) is 16.4. The molecule has 0 aliphatic rings. The molecule has 21 heavy (non-hydrogen) atoms. The van der Waals surface area contributed by atoms with Gasteiger partial charge in [-0.3, -0.25) is 9.59 Å². The third-order valence-corrected chi connectivity index (χ3v) is 2.85. The highest BCUT2D eigenvalue weighted by atomic mass is 16.6. The predicted octanol–water partition coefficient (Wildman–Crippen LogP) is -0.481. The second-order valence-corrected chi connectivity index (χ2v) is 4.31. The molecule has 0 heterocycles. The Kier molecular flexibility index (Phi) is 9.89. The SMILES string of the molecule is CO[C@H]([C@H](OC)[C@H](CO)OC(C)=O)[C@@H](COC(C)=O)OC. The van der Waals surface area contributed by atoms with E-state index in [0.717, 1.165) is 0 Å². The molecule has 0 radical (unpaired) electrons. The number of ether oxygens (including phenoxy) is 5. The minimum atomic E-state index is -0.924. The van der Waals surface area contributed by atoms with Gasteiger partial charge in [0.15, 0.2) is 6.10 Å². The highest BCUT2D eigenvalue weighted by Gasteiger charge is 2.37. The second-order valence-electron chi connectivity index (χ2n) is 4.31. The van der Waals surface area contributed by atoms with Gasteiger partial charge in [0, 0.05) is 35.2 Å². The van der Waals surface area contributed by atoms with Crippen LogP contribution in [0.4, 0.5) is 0 Å². The summed E-state index contributed by atoms with van der Waals surface area (Å²) in [4.78, 5) is 22.0. The fraction of sp³-hybridized carbons (Fsp3) is 0.846. The van der Waals surface area contributed by atoms with E-state index in [1.165, 1.54) is 35.2 Å². The summed E-state index contributed by atoms with van der Waals surface area (Å²) in [6.45, 7) is 2.01. The molecule has 4 atom stereocenters. The van der Waals surface area contributed by atoms with Gasteiger partial charge in [-0.05, 0) is 0 Å². The van der Waals surface area contributed by atoms with E-state index in [4.69, 9.17) is 23.7 Å². The number of rotatable bonds is 10. The molecular formula is C13H24O8. The summed E-state index contributed by atoms with van der Waals surface area (Å²) < 4.78 is 25.7. The van der Waals surface area contributed by atoms with Crippen molar-refractivity contribution < 1.29 is 38.4 Å². The summed E-state index contributed by atoms with van der Waals surface area (Å²) in [5.41, 5.74) is 0. The van der Waals surface area contributed by atoms with Crippen LogP contribution >= 0.6 is 0 Å². The molecule has 0 spiro atoms. The number of aliphatic hydroxyl groups excluding tert-OH is 1. The van der Waals surface area contributed by atoms with E-state index >= 15 is 0 Å². The van der Waals surface area contributed by atoms with Crippen molar-refractivity contribution in [2.45, 2.75) is 38.3 Å². The second kappa shape index (κ2) is 10.5. The van der Waals surface area contributed by atoms with E-state index in [-0.39, 0.29) is 6.61 Å². The number of hydrogen-bond donors (Lipinski definition) is 1. The van der Waals surface area contributed by atoms with Crippen molar-refractivity contribution in [3.05, 3.63) is 0 Å². The average Bonchev–Trinajstić information content (AvgIpc) is 2.44. The first-order valence-corrected chi connectivity index (χ1v) is 6.41. The Hall–Kier alpha value is -1.22. The van der Waals surface area contributed by atoms with Crippen molar-refractivity contribution in [2.75, 3.05) is 34.5 Å². The summed E-state index contributed by atoms with van der Waals surface area (Å²) in [7, 11) is 4.23. The fourth-order valence-electron chi connectivity index (χ4n) is 1.91. The van der Waals surface area contributed by atoms with E-state index in [2.05, 4.69) is 0 Å². The fourth-order valence-corrected chi connectivity index (χ4v) is 1.91. The minimum absolute atomic E-state index is 0.0532. The van der Waals surface area contributed by atoms with E-state index < -0.39 is 43.0 Å². The number of esters is 2. The lowest BCUT2D eigenvalue weighted by molar-refractivity contribution is -0.183. The van der Waals surface area contributed by atoms with Crippen LogP contribution in [0.3, 0.4) is 0 Å². The van der Waals surface area contributed by atoms with Crippen molar-refractivity contribution >= 4 is 11.9 Å². The molecule has 0 aromatic rings. The minimum Gasteiger partial charge on any atom is -0.463 e. The maximum absolute atomic E-state index is 11.1. The number of methoxy groups -OCH3 is 3. The molecule has 0 saturated heterocycles. The first-order chi connectivity index (χ1) is 9.90. The first kappa shape index (κ1) is 19.8. The molecule has 8 heteroatoms. The van der Waals surface area contributed by atoms with Crippen molar-refractivity contribution in [3.8, 4) is 0 Å². The zero-order valence-electron chi connectivity index (χ0n) is 13.0. The molecule has 8 nitrogen and oxygen atoms in total. The molecule has 0 aliphatic heterocycles. The first-order valence-electron chi connectivity index (χ1n) is 6.41. The van der Waals surface area contributed by atoms with Gasteiger partial charge in [-0.2, -0.15) is 0 Å². The van der Waals surface area contributed by atoms with Gasteiger partial charge in [0.1, 0.15) is 24.9 Å². The maximum Gasteiger partial charge on any atom is 0.303 e. The number of carbonyl (C=O) groups is 2. The van der Waals surface area contributed by atoms with Crippen LogP contribution in [0, 0.1) is 0 Å². The van der Waals surface area contributed by atoms with Crippen molar-refractivity contribution in [2.24, 2.45) is 0 Å².